The second kappa shape index (κ2) is 8.95. The smallest absolute Gasteiger partial charge is 0.261 e. The highest BCUT2D eigenvalue weighted by Gasteiger charge is 2.26. The number of anilines is 3. The van der Waals surface area contributed by atoms with Gasteiger partial charge in [-0.25, -0.2) is 8.42 Å². The first-order valence-electron chi connectivity index (χ1n) is 11.1. The molecular formula is C25H23N3O6S. The van der Waals surface area contributed by atoms with Crippen molar-refractivity contribution in [2.45, 2.75) is 18.2 Å². The fourth-order valence-electron chi connectivity index (χ4n) is 4.17. The molecule has 0 unspecified atom stereocenters. The van der Waals surface area contributed by atoms with Crippen molar-refractivity contribution in [1.29, 1.82) is 0 Å². The molecule has 9 nitrogen and oxygen atoms in total. The maximum absolute atomic E-state index is 13.2. The maximum atomic E-state index is 13.2. The Morgan fingerprint density at radius 3 is 2.51 bits per heavy atom. The van der Waals surface area contributed by atoms with Gasteiger partial charge in [0.25, 0.3) is 15.9 Å². The molecule has 5 rings (SSSR count). The summed E-state index contributed by atoms with van der Waals surface area (Å²) in [7, 11) is -3.98. The summed E-state index contributed by atoms with van der Waals surface area (Å²) >= 11 is 0. The van der Waals surface area contributed by atoms with Crippen LogP contribution < -0.4 is 24.4 Å². The van der Waals surface area contributed by atoms with Gasteiger partial charge >= 0.3 is 0 Å². The lowest BCUT2D eigenvalue weighted by atomic mass is 10.1. The van der Waals surface area contributed by atoms with E-state index < -0.39 is 15.9 Å². The molecule has 3 aromatic carbocycles. The maximum Gasteiger partial charge on any atom is 0.261 e. The summed E-state index contributed by atoms with van der Waals surface area (Å²) in [5.41, 5.74) is 2.30. The third-order valence-corrected chi connectivity index (χ3v) is 7.22. The summed E-state index contributed by atoms with van der Waals surface area (Å²) < 4.78 is 39.9. The number of nitrogens with one attached hydrogen (secondary N) is 2. The third-order valence-electron chi connectivity index (χ3n) is 5.85. The molecule has 2 aliphatic rings. The van der Waals surface area contributed by atoms with E-state index in [2.05, 4.69) is 10.0 Å². The van der Waals surface area contributed by atoms with E-state index in [9.17, 15) is 18.0 Å². The van der Waals surface area contributed by atoms with Crippen molar-refractivity contribution in [3.63, 3.8) is 0 Å². The molecule has 2 N–H and O–H groups in total. The number of benzene rings is 3. The molecule has 35 heavy (non-hydrogen) atoms. The van der Waals surface area contributed by atoms with Crippen molar-refractivity contribution >= 4 is 38.9 Å². The number of rotatable bonds is 5. The molecule has 0 atom stereocenters. The molecule has 0 fully saturated rings. The summed E-state index contributed by atoms with van der Waals surface area (Å²) in [6, 6.07) is 16.1. The SMILES string of the molecule is CC(=O)N1CCc2cc(S(=O)(=O)Nc3ccccc3C(=O)Nc3ccc4c(c3)OCCO4)ccc21. The van der Waals surface area contributed by atoms with E-state index in [-0.39, 0.29) is 22.1 Å². The number of carbonyl (C=O) groups is 2. The van der Waals surface area contributed by atoms with Crippen LogP contribution >= 0.6 is 0 Å². The van der Waals surface area contributed by atoms with Gasteiger partial charge in [-0.3, -0.25) is 14.3 Å². The van der Waals surface area contributed by atoms with E-state index in [1.54, 1.807) is 53.4 Å². The molecule has 3 aromatic rings. The zero-order valence-electron chi connectivity index (χ0n) is 18.9. The highest BCUT2D eigenvalue weighted by Crippen LogP contribution is 2.33. The summed E-state index contributed by atoms with van der Waals surface area (Å²) in [6.45, 7) is 2.88. The summed E-state index contributed by atoms with van der Waals surface area (Å²) in [4.78, 5) is 26.5. The van der Waals surface area contributed by atoms with E-state index in [0.29, 0.717) is 43.4 Å². The van der Waals surface area contributed by atoms with Crippen molar-refractivity contribution < 1.29 is 27.5 Å². The van der Waals surface area contributed by atoms with Crippen LogP contribution in [0, 0.1) is 0 Å². The van der Waals surface area contributed by atoms with Gasteiger partial charge in [-0.2, -0.15) is 0 Å². The van der Waals surface area contributed by atoms with E-state index in [1.807, 2.05) is 0 Å². The Hall–Kier alpha value is -4.05. The molecule has 2 amide bonds. The lowest BCUT2D eigenvalue weighted by Crippen LogP contribution is -2.25. The summed E-state index contributed by atoms with van der Waals surface area (Å²) in [5.74, 6) is 0.563. The van der Waals surface area contributed by atoms with Crippen LogP contribution in [0.1, 0.15) is 22.8 Å². The van der Waals surface area contributed by atoms with Gasteiger partial charge in [0.15, 0.2) is 11.5 Å². The highest BCUT2D eigenvalue weighted by atomic mass is 32.2. The number of fused-ring (bicyclic) bond motifs is 2. The Labute approximate surface area is 202 Å². The fourth-order valence-corrected chi connectivity index (χ4v) is 5.30. The van der Waals surface area contributed by atoms with Gasteiger partial charge in [-0.15, -0.1) is 0 Å². The first-order chi connectivity index (χ1) is 16.8. The van der Waals surface area contributed by atoms with Crippen LogP contribution in [0.3, 0.4) is 0 Å². The first kappa shape index (κ1) is 22.7. The topological polar surface area (TPSA) is 114 Å². The third kappa shape index (κ3) is 4.52. The predicted octanol–water partition coefficient (Wildman–Crippen LogP) is 3.42. The van der Waals surface area contributed by atoms with Gasteiger partial charge in [0.05, 0.1) is 16.1 Å². The minimum absolute atomic E-state index is 0.0590. The molecule has 180 valence electrons. The molecule has 0 aromatic heterocycles. The Kier molecular flexibility index (Phi) is 5.81. The van der Waals surface area contributed by atoms with E-state index in [1.165, 1.54) is 19.1 Å². The largest absolute Gasteiger partial charge is 0.486 e. The summed E-state index contributed by atoms with van der Waals surface area (Å²) in [5, 5.41) is 2.78. The molecule has 0 saturated carbocycles. The number of hydrogen-bond donors (Lipinski definition) is 2. The number of ether oxygens (including phenoxy) is 2. The number of para-hydroxylation sites is 1. The Balaban J connectivity index is 1.37. The van der Waals surface area contributed by atoms with Crippen LogP contribution in [0.2, 0.25) is 0 Å². The van der Waals surface area contributed by atoms with Crippen LogP contribution in [0.25, 0.3) is 0 Å². The van der Waals surface area contributed by atoms with Crippen LogP contribution in [-0.4, -0.2) is 40.0 Å². The van der Waals surface area contributed by atoms with Crippen LogP contribution in [0.5, 0.6) is 11.5 Å². The summed E-state index contributed by atoms with van der Waals surface area (Å²) in [6.07, 6.45) is 0.576. The molecule has 2 heterocycles. The highest BCUT2D eigenvalue weighted by molar-refractivity contribution is 7.92. The van der Waals surface area contributed by atoms with E-state index in [0.717, 1.165) is 11.3 Å². The number of nitrogens with zero attached hydrogens (tertiary/aromatic N) is 1. The molecule has 2 aliphatic heterocycles. The normalized spacial score (nSPS) is 14.3. The Morgan fingerprint density at radius 2 is 1.71 bits per heavy atom. The van der Waals surface area contributed by atoms with Crippen LogP contribution in [0.4, 0.5) is 17.1 Å². The second-order valence-corrected chi connectivity index (χ2v) is 9.86. The zero-order valence-corrected chi connectivity index (χ0v) is 19.7. The molecule has 0 bridgehead atoms. The van der Waals surface area contributed by atoms with E-state index in [4.69, 9.17) is 9.47 Å². The van der Waals surface area contributed by atoms with Crippen molar-refractivity contribution in [1.82, 2.24) is 0 Å². The van der Waals surface area contributed by atoms with Crippen molar-refractivity contribution in [2.24, 2.45) is 0 Å². The number of sulfonamides is 1. The average Bonchev–Trinajstić information content (AvgIpc) is 3.28. The lowest BCUT2D eigenvalue weighted by molar-refractivity contribution is -0.116. The van der Waals surface area contributed by atoms with Gasteiger partial charge < -0.3 is 19.7 Å². The zero-order chi connectivity index (χ0) is 24.6. The molecule has 0 spiro atoms. The number of amides is 2. The quantitative estimate of drug-likeness (QED) is 0.563. The van der Waals surface area contributed by atoms with Crippen molar-refractivity contribution in [3.05, 3.63) is 71.8 Å². The van der Waals surface area contributed by atoms with Crippen LogP contribution in [0.15, 0.2) is 65.6 Å². The molecule has 10 heteroatoms. The second-order valence-electron chi connectivity index (χ2n) is 8.17. The van der Waals surface area contributed by atoms with Gasteiger partial charge in [0.1, 0.15) is 13.2 Å². The monoisotopic (exact) mass is 493 g/mol. The number of hydrogen-bond acceptors (Lipinski definition) is 6. The van der Waals surface area contributed by atoms with Crippen molar-refractivity contribution in [2.75, 3.05) is 34.7 Å². The minimum Gasteiger partial charge on any atom is -0.486 e. The minimum atomic E-state index is -3.98. The van der Waals surface area contributed by atoms with Gasteiger partial charge in [-0.05, 0) is 54.4 Å². The predicted molar refractivity (Wildman–Crippen MR) is 131 cm³/mol. The lowest BCUT2D eigenvalue weighted by Gasteiger charge is -2.19. The number of carbonyl (C=O) groups excluding carboxylic acids is 2. The van der Waals surface area contributed by atoms with Gasteiger partial charge in [-0.1, -0.05) is 12.1 Å². The standard InChI is InChI=1S/C25H23N3O6S/c1-16(29)28-11-10-17-14-19(7-8-22(17)28)35(31,32)27-21-5-3-2-4-20(21)25(30)26-18-6-9-23-24(15-18)34-13-12-33-23/h2-9,14-15,27H,10-13H2,1H3,(H,26,30). The molecular weight excluding hydrogens is 470 g/mol. The van der Waals surface area contributed by atoms with Gasteiger partial charge in [0, 0.05) is 30.9 Å². The molecule has 0 aliphatic carbocycles. The van der Waals surface area contributed by atoms with Crippen LogP contribution in [-0.2, 0) is 21.2 Å². The van der Waals surface area contributed by atoms with Crippen molar-refractivity contribution in [3.8, 4) is 11.5 Å². The Morgan fingerprint density at radius 1 is 0.943 bits per heavy atom. The molecule has 0 saturated heterocycles. The van der Waals surface area contributed by atoms with Gasteiger partial charge in [0.2, 0.25) is 5.91 Å². The van der Waals surface area contributed by atoms with E-state index >= 15 is 0 Å². The fraction of sp³-hybridized carbons (Fsp3) is 0.200. The average molecular weight is 494 g/mol. The molecule has 0 radical (unpaired) electrons. The Bertz CT molecular complexity index is 1440. The first-order valence-corrected chi connectivity index (χ1v) is 12.5.